The zero-order valence-corrected chi connectivity index (χ0v) is 12.7. The van der Waals surface area contributed by atoms with E-state index < -0.39 is 0 Å². The molecule has 1 aliphatic rings. The third kappa shape index (κ3) is 3.16. The second kappa shape index (κ2) is 6.49. The van der Waals surface area contributed by atoms with Crippen LogP contribution in [0.3, 0.4) is 0 Å². The molecule has 1 aromatic heterocycles. The van der Waals surface area contributed by atoms with E-state index in [9.17, 15) is 10.1 Å². The number of anilines is 1. The van der Waals surface area contributed by atoms with Gasteiger partial charge >= 0.3 is 0 Å². The van der Waals surface area contributed by atoms with E-state index in [4.69, 9.17) is 6.42 Å². The van der Waals surface area contributed by atoms with E-state index in [0.29, 0.717) is 16.8 Å². The first-order valence-electron chi connectivity index (χ1n) is 7.65. The van der Waals surface area contributed by atoms with Gasteiger partial charge in [0, 0.05) is 36.6 Å². The van der Waals surface area contributed by atoms with Crippen LogP contribution in [0.5, 0.6) is 0 Å². The molecule has 0 amide bonds. The van der Waals surface area contributed by atoms with E-state index >= 15 is 0 Å². The van der Waals surface area contributed by atoms with Crippen LogP contribution in [-0.4, -0.2) is 23.0 Å². The van der Waals surface area contributed by atoms with Crippen molar-refractivity contribution in [3.05, 3.63) is 52.2 Å². The van der Waals surface area contributed by atoms with Gasteiger partial charge in [-0.1, -0.05) is 5.92 Å². The Labute approximate surface area is 135 Å². The van der Waals surface area contributed by atoms with Gasteiger partial charge in [-0.05, 0) is 43.5 Å². The average molecular weight is 307 g/mol. The van der Waals surface area contributed by atoms with E-state index in [-0.39, 0.29) is 10.6 Å². The third-order valence-electron chi connectivity index (χ3n) is 4.10. The number of hydrogen-bond donors (Lipinski definition) is 0. The molecule has 1 aromatic carbocycles. The van der Waals surface area contributed by atoms with Crippen molar-refractivity contribution in [1.82, 2.24) is 4.98 Å². The summed E-state index contributed by atoms with van der Waals surface area (Å²) in [7, 11) is 0. The number of pyridine rings is 1. The van der Waals surface area contributed by atoms with Crippen molar-refractivity contribution in [1.29, 1.82) is 0 Å². The van der Waals surface area contributed by atoms with E-state index in [1.807, 2.05) is 12.1 Å². The van der Waals surface area contributed by atoms with Crippen LogP contribution in [-0.2, 0) is 0 Å². The lowest BCUT2D eigenvalue weighted by Crippen LogP contribution is -2.29. The van der Waals surface area contributed by atoms with Crippen LogP contribution >= 0.6 is 0 Å². The highest BCUT2D eigenvalue weighted by Crippen LogP contribution is 2.33. The van der Waals surface area contributed by atoms with Gasteiger partial charge in [0.2, 0.25) is 0 Å². The predicted molar refractivity (Wildman–Crippen MR) is 90.3 cm³/mol. The third-order valence-corrected chi connectivity index (χ3v) is 4.10. The summed E-state index contributed by atoms with van der Waals surface area (Å²) in [5.74, 6) is 2.54. The number of hydrogen-bond acceptors (Lipinski definition) is 4. The van der Waals surface area contributed by atoms with Crippen molar-refractivity contribution in [3.63, 3.8) is 0 Å². The van der Waals surface area contributed by atoms with Crippen molar-refractivity contribution in [2.24, 2.45) is 0 Å². The maximum Gasteiger partial charge on any atom is 0.278 e. The molecule has 2 aromatic rings. The molecule has 5 nitrogen and oxygen atoms in total. The van der Waals surface area contributed by atoms with Crippen molar-refractivity contribution < 1.29 is 4.92 Å². The summed E-state index contributed by atoms with van der Waals surface area (Å²) in [6.45, 7) is 1.96. The Morgan fingerprint density at radius 2 is 1.96 bits per heavy atom. The zero-order valence-electron chi connectivity index (χ0n) is 12.7. The van der Waals surface area contributed by atoms with E-state index in [1.165, 1.54) is 6.42 Å². The monoisotopic (exact) mass is 307 g/mol. The topological polar surface area (TPSA) is 59.3 Å². The van der Waals surface area contributed by atoms with Gasteiger partial charge in [-0.25, -0.2) is 0 Å². The molecule has 1 saturated heterocycles. The highest BCUT2D eigenvalue weighted by atomic mass is 16.6. The number of aromatic nitrogens is 1. The number of nitro benzene ring substituents is 1. The molecule has 1 aliphatic heterocycles. The lowest BCUT2D eigenvalue weighted by atomic mass is 10.0. The maximum atomic E-state index is 11.4. The largest absolute Gasteiger partial charge is 0.372 e. The molecule has 0 aliphatic carbocycles. The molecule has 3 rings (SSSR count). The Kier molecular flexibility index (Phi) is 4.24. The number of piperidine rings is 1. The van der Waals surface area contributed by atoms with Gasteiger partial charge in [-0.15, -0.1) is 6.42 Å². The van der Waals surface area contributed by atoms with Gasteiger partial charge in [0.05, 0.1) is 16.2 Å². The fourth-order valence-electron chi connectivity index (χ4n) is 2.90. The summed E-state index contributed by atoms with van der Waals surface area (Å²) in [5, 5.41) is 11.4. The van der Waals surface area contributed by atoms with Gasteiger partial charge in [0.1, 0.15) is 0 Å². The van der Waals surface area contributed by atoms with Crippen LogP contribution in [0.2, 0.25) is 0 Å². The van der Waals surface area contributed by atoms with Gasteiger partial charge in [-0.2, -0.15) is 0 Å². The zero-order chi connectivity index (χ0) is 16.2. The molecule has 0 N–H and O–H groups in total. The van der Waals surface area contributed by atoms with Crippen LogP contribution < -0.4 is 4.90 Å². The molecule has 0 bridgehead atoms. The number of nitrogens with zero attached hydrogens (tertiary/aromatic N) is 3. The summed E-state index contributed by atoms with van der Waals surface area (Å²) >= 11 is 0. The molecular weight excluding hydrogens is 290 g/mol. The highest BCUT2D eigenvalue weighted by Gasteiger charge is 2.20. The average Bonchev–Trinajstić information content (AvgIpc) is 2.62. The number of nitro groups is 1. The second-order valence-electron chi connectivity index (χ2n) is 5.58. The highest BCUT2D eigenvalue weighted by molar-refractivity contribution is 5.76. The summed E-state index contributed by atoms with van der Waals surface area (Å²) in [6.07, 6.45) is 10.5. The standard InChI is InChI=1S/C18H17N3O2/c1-2-14-8-9-19-17(12-14)16-13-15(6-7-18(16)21(22)23)20-10-4-3-5-11-20/h1,6-9,12-13H,3-5,10-11H2. The van der Waals surface area contributed by atoms with E-state index in [1.54, 1.807) is 24.4 Å². The minimum atomic E-state index is -0.375. The molecule has 1 fully saturated rings. The first-order chi connectivity index (χ1) is 11.2. The van der Waals surface area contributed by atoms with Crippen LogP contribution in [0.1, 0.15) is 24.8 Å². The van der Waals surface area contributed by atoms with Gasteiger partial charge < -0.3 is 4.90 Å². The number of terminal acetylenes is 1. The molecule has 5 heteroatoms. The Morgan fingerprint density at radius 3 is 2.65 bits per heavy atom. The van der Waals surface area contributed by atoms with Crippen molar-refractivity contribution in [2.75, 3.05) is 18.0 Å². The Bertz CT molecular complexity index is 774. The van der Waals surface area contributed by atoms with Crippen molar-refractivity contribution in [2.45, 2.75) is 19.3 Å². The van der Waals surface area contributed by atoms with E-state index in [0.717, 1.165) is 31.6 Å². The SMILES string of the molecule is C#Cc1ccnc(-c2cc(N3CCCCC3)ccc2[N+](=O)[O-])c1. The maximum absolute atomic E-state index is 11.4. The fraction of sp³-hybridized carbons (Fsp3) is 0.278. The molecular formula is C18H17N3O2. The molecule has 0 radical (unpaired) electrons. The van der Waals surface area contributed by atoms with Crippen molar-refractivity contribution >= 4 is 11.4 Å². The van der Waals surface area contributed by atoms with Crippen molar-refractivity contribution in [3.8, 4) is 23.6 Å². The number of rotatable bonds is 3. The molecule has 23 heavy (non-hydrogen) atoms. The molecule has 2 heterocycles. The molecule has 0 atom stereocenters. The Morgan fingerprint density at radius 1 is 1.17 bits per heavy atom. The summed E-state index contributed by atoms with van der Waals surface area (Å²) in [5.41, 5.74) is 2.75. The van der Waals surface area contributed by atoms with Gasteiger partial charge in [-0.3, -0.25) is 15.1 Å². The Balaban J connectivity index is 2.08. The summed E-state index contributed by atoms with van der Waals surface area (Å²) in [4.78, 5) is 17.5. The lowest BCUT2D eigenvalue weighted by Gasteiger charge is -2.29. The molecule has 0 saturated carbocycles. The molecule has 0 unspecified atom stereocenters. The van der Waals surface area contributed by atoms with E-state index in [2.05, 4.69) is 15.8 Å². The first-order valence-corrected chi connectivity index (χ1v) is 7.65. The normalized spacial score (nSPS) is 14.3. The second-order valence-corrected chi connectivity index (χ2v) is 5.58. The van der Waals surface area contributed by atoms with Gasteiger partial charge in [0.25, 0.3) is 5.69 Å². The summed E-state index contributed by atoms with van der Waals surface area (Å²) < 4.78 is 0. The lowest BCUT2D eigenvalue weighted by molar-refractivity contribution is -0.384. The molecule has 0 spiro atoms. The minimum Gasteiger partial charge on any atom is -0.372 e. The predicted octanol–water partition coefficient (Wildman–Crippen LogP) is 3.63. The van der Waals surface area contributed by atoms with Gasteiger partial charge in [0.15, 0.2) is 0 Å². The van der Waals surface area contributed by atoms with Crippen LogP contribution in [0, 0.1) is 22.5 Å². The number of benzene rings is 1. The van der Waals surface area contributed by atoms with Crippen LogP contribution in [0.4, 0.5) is 11.4 Å². The minimum absolute atomic E-state index is 0.0485. The fourth-order valence-corrected chi connectivity index (χ4v) is 2.90. The quantitative estimate of drug-likeness (QED) is 0.493. The Hall–Kier alpha value is -2.87. The molecule has 116 valence electrons. The first kappa shape index (κ1) is 15.0. The smallest absolute Gasteiger partial charge is 0.278 e. The summed E-state index contributed by atoms with van der Waals surface area (Å²) in [6, 6.07) is 8.65. The van der Waals surface area contributed by atoms with Crippen LogP contribution in [0.15, 0.2) is 36.5 Å². The van der Waals surface area contributed by atoms with Crippen LogP contribution in [0.25, 0.3) is 11.3 Å².